The van der Waals surface area contributed by atoms with Gasteiger partial charge in [0.15, 0.2) is 0 Å². The fourth-order valence-electron chi connectivity index (χ4n) is 2.31. The van der Waals surface area contributed by atoms with Crippen molar-refractivity contribution in [2.75, 3.05) is 0 Å². The predicted molar refractivity (Wildman–Crippen MR) is 80.4 cm³/mol. The van der Waals surface area contributed by atoms with E-state index in [4.69, 9.17) is 0 Å². The predicted octanol–water partition coefficient (Wildman–Crippen LogP) is 5.18. The van der Waals surface area contributed by atoms with Crippen LogP contribution in [0.5, 0.6) is 0 Å². The summed E-state index contributed by atoms with van der Waals surface area (Å²) in [5.74, 6) is 0. The largest absolute Gasteiger partial charge is 0.245 e. The molecule has 18 heavy (non-hydrogen) atoms. The molecule has 4 aromatic rings. The zero-order valence-corrected chi connectivity index (χ0v) is 11.1. The van der Waals surface area contributed by atoms with Gasteiger partial charge in [-0.3, -0.25) is 0 Å². The van der Waals surface area contributed by atoms with E-state index < -0.39 is 0 Å². The molecule has 0 aliphatic heterocycles. The number of rotatable bonds is 1. The van der Waals surface area contributed by atoms with Crippen LogP contribution in [0.1, 0.15) is 0 Å². The van der Waals surface area contributed by atoms with Gasteiger partial charge in [-0.25, -0.2) is 4.98 Å². The summed E-state index contributed by atoms with van der Waals surface area (Å²) in [5.41, 5.74) is 1.25. The number of hydrogen-bond donors (Lipinski definition) is 0. The van der Waals surface area contributed by atoms with E-state index in [0.717, 1.165) is 5.01 Å². The molecule has 0 atom stereocenters. The lowest BCUT2D eigenvalue weighted by molar-refractivity contribution is 1.42. The van der Waals surface area contributed by atoms with Gasteiger partial charge in [0.25, 0.3) is 0 Å². The van der Waals surface area contributed by atoms with Gasteiger partial charge < -0.3 is 0 Å². The molecule has 0 bridgehead atoms. The third-order valence-corrected chi connectivity index (χ3v) is 5.01. The molecule has 0 unspecified atom stereocenters. The Balaban J connectivity index is 2.21. The highest BCUT2D eigenvalue weighted by Crippen LogP contribution is 2.40. The highest BCUT2D eigenvalue weighted by molar-refractivity contribution is 7.26. The Morgan fingerprint density at radius 2 is 1.78 bits per heavy atom. The summed E-state index contributed by atoms with van der Waals surface area (Å²) in [4.78, 5) is 4.45. The number of benzene rings is 2. The molecule has 1 nitrogen and oxygen atoms in total. The topological polar surface area (TPSA) is 12.9 Å². The fourth-order valence-corrected chi connectivity index (χ4v) is 4.11. The molecule has 0 amide bonds. The minimum absolute atomic E-state index is 1.10. The van der Waals surface area contributed by atoms with Crippen LogP contribution >= 0.6 is 22.7 Å². The van der Waals surface area contributed by atoms with Gasteiger partial charge in [0.05, 0.1) is 0 Å². The van der Waals surface area contributed by atoms with Crippen molar-refractivity contribution in [2.24, 2.45) is 0 Å². The van der Waals surface area contributed by atoms with Crippen molar-refractivity contribution in [3.05, 3.63) is 54.0 Å². The number of thiazole rings is 1. The Morgan fingerprint density at radius 3 is 2.67 bits per heavy atom. The monoisotopic (exact) mass is 267 g/mol. The molecule has 2 heterocycles. The van der Waals surface area contributed by atoms with Gasteiger partial charge in [0.2, 0.25) is 0 Å². The van der Waals surface area contributed by atoms with Crippen molar-refractivity contribution in [1.82, 2.24) is 4.98 Å². The highest BCUT2D eigenvalue weighted by atomic mass is 32.1. The van der Waals surface area contributed by atoms with Gasteiger partial charge in [0.1, 0.15) is 5.01 Å². The van der Waals surface area contributed by atoms with Crippen molar-refractivity contribution in [1.29, 1.82) is 0 Å². The smallest absolute Gasteiger partial charge is 0.123 e. The molecule has 86 valence electrons. The summed E-state index contributed by atoms with van der Waals surface area (Å²) in [5, 5.41) is 5.81. The lowest BCUT2D eigenvalue weighted by atomic mass is 10.1. The Hall–Kier alpha value is -1.71. The van der Waals surface area contributed by atoms with E-state index in [9.17, 15) is 0 Å². The molecule has 0 saturated carbocycles. The number of nitrogens with zero attached hydrogens (tertiary/aromatic N) is 1. The molecule has 0 aliphatic rings. The molecular formula is C15H9NS2. The second-order valence-corrected chi connectivity index (χ2v) is 6.09. The number of fused-ring (bicyclic) bond motifs is 3. The fraction of sp³-hybridized carbons (Fsp3) is 0. The molecule has 2 aromatic carbocycles. The minimum atomic E-state index is 1.10. The van der Waals surface area contributed by atoms with Gasteiger partial charge >= 0.3 is 0 Å². The van der Waals surface area contributed by atoms with E-state index >= 15 is 0 Å². The van der Waals surface area contributed by atoms with E-state index in [2.05, 4.69) is 47.4 Å². The van der Waals surface area contributed by atoms with Crippen molar-refractivity contribution in [2.45, 2.75) is 0 Å². The number of hydrogen-bond acceptors (Lipinski definition) is 3. The Kier molecular flexibility index (Phi) is 2.22. The van der Waals surface area contributed by atoms with Crippen LogP contribution in [0.25, 0.3) is 30.7 Å². The van der Waals surface area contributed by atoms with E-state index in [1.807, 2.05) is 22.9 Å². The van der Waals surface area contributed by atoms with Crippen molar-refractivity contribution in [3.63, 3.8) is 0 Å². The molecule has 0 N–H and O–H groups in total. The van der Waals surface area contributed by atoms with E-state index in [0.29, 0.717) is 0 Å². The summed E-state index contributed by atoms with van der Waals surface area (Å²) in [6, 6.07) is 15.1. The molecule has 0 radical (unpaired) electrons. The average Bonchev–Trinajstić information content (AvgIpc) is 3.05. The minimum Gasteiger partial charge on any atom is -0.245 e. The Labute approximate surface area is 112 Å². The summed E-state index contributed by atoms with van der Waals surface area (Å²) in [7, 11) is 0. The molecule has 0 fully saturated rings. The van der Waals surface area contributed by atoms with Gasteiger partial charge in [-0.15, -0.1) is 22.7 Å². The van der Waals surface area contributed by atoms with Crippen molar-refractivity contribution < 1.29 is 0 Å². The normalized spacial score (nSPS) is 11.3. The second-order valence-electron chi connectivity index (χ2n) is 4.11. The molecule has 0 aliphatic carbocycles. The summed E-state index contributed by atoms with van der Waals surface area (Å²) in [6.07, 6.45) is 1.87. The van der Waals surface area contributed by atoms with Gasteiger partial charge in [-0.05, 0) is 12.1 Å². The average molecular weight is 267 g/mol. The SMILES string of the molecule is c1ccc2c(c1)sc1cccc(-c3nccs3)c12. The van der Waals surface area contributed by atoms with Crippen LogP contribution in [0.15, 0.2) is 54.0 Å². The maximum atomic E-state index is 4.45. The first-order chi connectivity index (χ1) is 8.93. The summed E-state index contributed by atoms with van der Waals surface area (Å²) in [6.45, 7) is 0. The van der Waals surface area contributed by atoms with Crippen LogP contribution in [0.4, 0.5) is 0 Å². The van der Waals surface area contributed by atoms with E-state index in [-0.39, 0.29) is 0 Å². The van der Waals surface area contributed by atoms with Crippen LogP contribution < -0.4 is 0 Å². The summed E-state index contributed by atoms with van der Waals surface area (Å²) >= 11 is 3.55. The third kappa shape index (κ3) is 1.41. The van der Waals surface area contributed by atoms with Crippen LogP contribution in [0.2, 0.25) is 0 Å². The van der Waals surface area contributed by atoms with Crippen LogP contribution in [0, 0.1) is 0 Å². The van der Waals surface area contributed by atoms with E-state index in [1.54, 1.807) is 11.3 Å². The second kappa shape index (κ2) is 3.90. The van der Waals surface area contributed by atoms with Gasteiger partial charge in [-0.2, -0.15) is 0 Å². The molecular weight excluding hydrogens is 258 g/mol. The zero-order chi connectivity index (χ0) is 11.9. The summed E-state index contributed by atoms with van der Waals surface area (Å²) < 4.78 is 2.68. The van der Waals surface area contributed by atoms with Crippen LogP contribution in [0.3, 0.4) is 0 Å². The quantitative estimate of drug-likeness (QED) is 0.463. The standard InChI is InChI=1S/C15H9NS2/c1-2-6-12-10(4-1)14-11(15-16-8-9-17-15)5-3-7-13(14)18-12/h1-9H. The third-order valence-electron chi connectivity index (χ3n) is 3.07. The van der Waals surface area contributed by atoms with Gasteiger partial charge in [-0.1, -0.05) is 30.3 Å². The Bertz CT molecular complexity index is 828. The molecule has 3 heteroatoms. The van der Waals surface area contributed by atoms with E-state index in [1.165, 1.54) is 25.7 Å². The molecule has 2 aromatic heterocycles. The highest BCUT2D eigenvalue weighted by Gasteiger charge is 2.11. The van der Waals surface area contributed by atoms with Crippen molar-refractivity contribution >= 4 is 42.8 Å². The first kappa shape index (κ1) is 10.2. The Morgan fingerprint density at radius 1 is 0.889 bits per heavy atom. The molecule has 0 spiro atoms. The zero-order valence-electron chi connectivity index (χ0n) is 9.46. The maximum Gasteiger partial charge on any atom is 0.123 e. The first-order valence-corrected chi connectivity index (χ1v) is 7.43. The molecule has 4 rings (SSSR count). The van der Waals surface area contributed by atoms with Gasteiger partial charge in [0, 0.05) is 37.3 Å². The first-order valence-electron chi connectivity index (χ1n) is 5.73. The maximum absolute atomic E-state index is 4.45. The lowest BCUT2D eigenvalue weighted by Gasteiger charge is -1.99. The number of thiophene rings is 1. The number of aromatic nitrogens is 1. The van der Waals surface area contributed by atoms with Crippen LogP contribution in [-0.2, 0) is 0 Å². The lowest BCUT2D eigenvalue weighted by Crippen LogP contribution is -1.76. The van der Waals surface area contributed by atoms with Crippen LogP contribution in [-0.4, -0.2) is 4.98 Å². The molecule has 0 saturated heterocycles. The van der Waals surface area contributed by atoms with Crippen molar-refractivity contribution in [3.8, 4) is 10.6 Å².